The van der Waals surface area contributed by atoms with Gasteiger partial charge in [0.2, 0.25) is 10.0 Å². The van der Waals surface area contributed by atoms with Gasteiger partial charge >= 0.3 is 5.97 Å². The van der Waals surface area contributed by atoms with E-state index in [0.29, 0.717) is 5.92 Å². The van der Waals surface area contributed by atoms with Crippen LogP contribution in [-0.2, 0) is 19.6 Å². The van der Waals surface area contributed by atoms with Crippen molar-refractivity contribution in [2.45, 2.75) is 56.4 Å². The Labute approximate surface area is 166 Å². The van der Waals surface area contributed by atoms with E-state index >= 15 is 0 Å². The molecule has 1 aromatic carbocycles. The average molecular weight is 409 g/mol. The summed E-state index contributed by atoms with van der Waals surface area (Å²) in [5.41, 5.74) is 0.220. The second-order valence-electron chi connectivity index (χ2n) is 7.44. The van der Waals surface area contributed by atoms with Crippen LogP contribution in [0.5, 0.6) is 0 Å². The normalized spacial score (nSPS) is 22.4. The van der Waals surface area contributed by atoms with E-state index in [1.54, 1.807) is 6.92 Å². The van der Waals surface area contributed by atoms with Crippen molar-refractivity contribution in [2.24, 2.45) is 5.92 Å². The lowest BCUT2D eigenvalue weighted by molar-refractivity contribution is -0.140. The highest BCUT2D eigenvalue weighted by molar-refractivity contribution is 7.89. The molecule has 154 valence electrons. The number of hydrogen-bond donors (Lipinski definition) is 1. The molecule has 1 aromatic rings. The molecule has 0 spiro atoms. The van der Waals surface area contributed by atoms with E-state index in [0.717, 1.165) is 25.8 Å². The number of carbonyl (C=O) groups excluding carboxylic acids is 2. The van der Waals surface area contributed by atoms with Crippen molar-refractivity contribution < 1.29 is 22.7 Å². The molecule has 1 heterocycles. The lowest BCUT2D eigenvalue weighted by atomic mass is 9.78. The number of ether oxygens (including phenoxy) is 1. The zero-order valence-corrected chi connectivity index (χ0v) is 17.0. The summed E-state index contributed by atoms with van der Waals surface area (Å²) in [5, 5.41) is 0. The van der Waals surface area contributed by atoms with Crippen LogP contribution in [0.25, 0.3) is 0 Å². The van der Waals surface area contributed by atoms with Gasteiger partial charge in [0.05, 0.1) is 10.5 Å². The van der Waals surface area contributed by atoms with E-state index in [-0.39, 0.29) is 35.6 Å². The number of carbonyl (C=O) groups is 2. The summed E-state index contributed by atoms with van der Waals surface area (Å²) in [6, 6.07) is 5.79. The third-order valence-electron chi connectivity index (χ3n) is 5.62. The highest BCUT2D eigenvalue weighted by Crippen LogP contribution is 2.35. The molecule has 2 atom stereocenters. The molecular weight excluding hydrogens is 380 g/mol. The van der Waals surface area contributed by atoms with Gasteiger partial charge in [0.25, 0.3) is 5.91 Å². The van der Waals surface area contributed by atoms with Gasteiger partial charge in [0.1, 0.15) is 0 Å². The second-order valence-corrected chi connectivity index (χ2v) is 9.21. The molecule has 2 fully saturated rings. The molecule has 0 radical (unpaired) electrons. The topological polar surface area (TPSA) is 92.8 Å². The van der Waals surface area contributed by atoms with Gasteiger partial charge in [-0.2, -0.15) is 0 Å². The fourth-order valence-electron chi connectivity index (χ4n) is 4.27. The van der Waals surface area contributed by atoms with E-state index in [2.05, 4.69) is 4.72 Å². The number of nitrogens with zero attached hydrogens (tertiary/aromatic N) is 1. The Morgan fingerprint density at radius 3 is 2.50 bits per heavy atom. The first-order valence-corrected chi connectivity index (χ1v) is 11.5. The summed E-state index contributed by atoms with van der Waals surface area (Å²) < 4.78 is 31.5. The van der Waals surface area contributed by atoms with Crippen molar-refractivity contribution in [1.82, 2.24) is 9.62 Å². The minimum atomic E-state index is -3.57. The van der Waals surface area contributed by atoms with Crippen molar-refractivity contribution in [3.8, 4) is 0 Å². The Morgan fingerprint density at radius 1 is 1.11 bits per heavy atom. The molecule has 0 unspecified atom stereocenters. The van der Waals surface area contributed by atoms with Crippen molar-refractivity contribution >= 4 is 21.9 Å². The third-order valence-corrected chi connectivity index (χ3v) is 7.19. The van der Waals surface area contributed by atoms with E-state index in [9.17, 15) is 18.0 Å². The van der Waals surface area contributed by atoms with Crippen LogP contribution in [0.1, 0.15) is 55.8 Å². The van der Waals surface area contributed by atoms with Gasteiger partial charge in [-0.1, -0.05) is 19.8 Å². The van der Waals surface area contributed by atoms with Crippen molar-refractivity contribution in [3.63, 3.8) is 0 Å². The molecule has 3 rings (SSSR count). The Morgan fingerprint density at radius 2 is 1.79 bits per heavy atom. The molecule has 1 amide bonds. The van der Waals surface area contributed by atoms with Crippen LogP contribution in [0.15, 0.2) is 29.2 Å². The zero-order chi connectivity index (χ0) is 20.1. The van der Waals surface area contributed by atoms with Crippen molar-refractivity contribution in [3.05, 3.63) is 29.8 Å². The SMILES string of the molecule is CCNS(=O)(=O)c1ccc(C(=O)OCC(=O)N2CCC[C@@H]3CCCC[C@H]32)cc1. The van der Waals surface area contributed by atoms with Gasteiger partial charge < -0.3 is 9.64 Å². The Hall–Kier alpha value is -1.93. The standard InChI is InChI=1S/C20H28N2O5S/c1-2-21-28(25,26)17-11-9-16(10-12-17)20(24)27-14-19(23)22-13-5-7-15-6-3-4-8-18(15)22/h9-12,15,18,21H,2-8,13-14H2,1H3/t15-,18+/m0/s1. The van der Waals surface area contributed by atoms with Gasteiger partial charge in [0, 0.05) is 19.1 Å². The lowest BCUT2D eigenvalue weighted by Gasteiger charge is -2.44. The molecule has 1 saturated carbocycles. The first kappa shape index (κ1) is 20.8. The van der Waals surface area contributed by atoms with Crippen molar-refractivity contribution in [1.29, 1.82) is 0 Å². The summed E-state index contributed by atoms with van der Waals surface area (Å²) in [6.07, 6.45) is 6.77. The average Bonchev–Trinajstić information content (AvgIpc) is 2.71. The first-order valence-electron chi connectivity index (χ1n) is 9.98. The molecule has 1 saturated heterocycles. The maximum absolute atomic E-state index is 12.6. The van der Waals surface area contributed by atoms with Crippen LogP contribution in [0.4, 0.5) is 0 Å². The monoisotopic (exact) mass is 408 g/mol. The largest absolute Gasteiger partial charge is 0.452 e. The number of fused-ring (bicyclic) bond motifs is 1. The number of benzene rings is 1. The smallest absolute Gasteiger partial charge is 0.338 e. The van der Waals surface area contributed by atoms with E-state index in [1.165, 1.54) is 43.5 Å². The Bertz CT molecular complexity index is 804. The van der Waals surface area contributed by atoms with Crippen LogP contribution in [-0.4, -0.2) is 50.9 Å². The number of rotatable bonds is 6. The summed E-state index contributed by atoms with van der Waals surface area (Å²) in [6.45, 7) is 2.43. The van der Waals surface area contributed by atoms with E-state index < -0.39 is 16.0 Å². The van der Waals surface area contributed by atoms with Gasteiger partial charge in [0.15, 0.2) is 6.61 Å². The van der Waals surface area contributed by atoms with Crippen LogP contribution in [0.3, 0.4) is 0 Å². The number of amides is 1. The van der Waals surface area contributed by atoms with E-state index in [1.807, 2.05) is 4.90 Å². The molecule has 1 aliphatic heterocycles. The summed E-state index contributed by atoms with van der Waals surface area (Å²) >= 11 is 0. The molecule has 2 aliphatic rings. The Balaban J connectivity index is 1.57. The Kier molecular flexibility index (Phi) is 6.72. The molecular formula is C20H28N2O5S. The van der Waals surface area contributed by atoms with Crippen LogP contribution in [0, 0.1) is 5.92 Å². The molecule has 7 nitrogen and oxygen atoms in total. The minimum absolute atomic E-state index is 0.0821. The van der Waals surface area contributed by atoms with Gasteiger partial charge in [-0.15, -0.1) is 0 Å². The molecule has 8 heteroatoms. The zero-order valence-electron chi connectivity index (χ0n) is 16.2. The van der Waals surface area contributed by atoms with Gasteiger partial charge in [-0.05, 0) is 55.9 Å². The highest BCUT2D eigenvalue weighted by atomic mass is 32.2. The van der Waals surface area contributed by atoms with Crippen LogP contribution < -0.4 is 4.72 Å². The summed E-state index contributed by atoms with van der Waals surface area (Å²) in [5.74, 6) is -0.192. The molecule has 28 heavy (non-hydrogen) atoms. The quantitative estimate of drug-likeness (QED) is 0.729. The molecule has 0 bridgehead atoms. The highest BCUT2D eigenvalue weighted by Gasteiger charge is 2.35. The third kappa shape index (κ3) is 4.72. The number of sulfonamides is 1. The lowest BCUT2D eigenvalue weighted by Crippen LogP contribution is -2.50. The number of piperidine rings is 1. The predicted octanol–water partition coefficient (Wildman–Crippen LogP) is 2.32. The molecule has 1 aliphatic carbocycles. The maximum atomic E-state index is 12.6. The number of nitrogens with one attached hydrogen (secondary N) is 1. The van der Waals surface area contributed by atoms with E-state index in [4.69, 9.17) is 4.74 Å². The van der Waals surface area contributed by atoms with Crippen LogP contribution >= 0.6 is 0 Å². The van der Waals surface area contributed by atoms with Gasteiger partial charge in [-0.25, -0.2) is 17.9 Å². The fraction of sp³-hybridized carbons (Fsp3) is 0.600. The predicted molar refractivity (Wildman–Crippen MR) is 104 cm³/mol. The molecule has 0 aromatic heterocycles. The maximum Gasteiger partial charge on any atom is 0.338 e. The van der Waals surface area contributed by atoms with Crippen LogP contribution in [0.2, 0.25) is 0 Å². The number of likely N-dealkylation sites (tertiary alicyclic amines) is 1. The summed E-state index contributed by atoms with van der Waals surface area (Å²) in [7, 11) is -3.57. The fourth-order valence-corrected chi connectivity index (χ4v) is 5.31. The number of esters is 1. The first-order chi connectivity index (χ1) is 13.4. The second kappa shape index (κ2) is 9.05. The summed E-state index contributed by atoms with van der Waals surface area (Å²) in [4.78, 5) is 26.8. The van der Waals surface area contributed by atoms with Crippen molar-refractivity contribution in [2.75, 3.05) is 19.7 Å². The minimum Gasteiger partial charge on any atom is -0.452 e. The number of hydrogen-bond acceptors (Lipinski definition) is 5. The molecule has 1 N–H and O–H groups in total. The van der Waals surface area contributed by atoms with Gasteiger partial charge in [-0.3, -0.25) is 4.79 Å².